The van der Waals surface area contributed by atoms with Gasteiger partial charge in [-0.1, -0.05) is 12.1 Å². The van der Waals surface area contributed by atoms with Crippen molar-refractivity contribution in [2.24, 2.45) is 0 Å². The summed E-state index contributed by atoms with van der Waals surface area (Å²) in [5.41, 5.74) is 1.53. The highest BCUT2D eigenvalue weighted by molar-refractivity contribution is 6.04. The van der Waals surface area contributed by atoms with Gasteiger partial charge in [0.15, 0.2) is 0 Å². The zero-order valence-electron chi connectivity index (χ0n) is 7.36. The molecule has 70 valence electrons. The van der Waals surface area contributed by atoms with Crippen LogP contribution in [0, 0.1) is 0 Å². The van der Waals surface area contributed by atoms with Gasteiger partial charge in [0.25, 0.3) is 5.91 Å². The fraction of sp³-hybridized carbons (Fsp3) is 0.100. The summed E-state index contributed by atoms with van der Waals surface area (Å²) in [7, 11) is 0. The molecule has 0 radical (unpaired) electrons. The lowest BCUT2D eigenvalue weighted by molar-refractivity contribution is -0.116. The zero-order chi connectivity index (χ0) is 9.97. The third-order valence-corrected chi connectivity index (χ3v) is 2.04. The molecule has 0 aromatic heterocycles. The van der Waals surface area contributed by atoms with E-state index in [9.17, 15) is 9.59 Å². The normalized spacial score (nSPS) is 14.0. The van der Waals surface area contributed by atoms with Gasteiger partial charge in [-0.3, -0.25) is 9.69 Å². The predicted molar refractivity (Wildman–Crippen MR) is 52.7 cm³/mol. The summed E-state index contributed by atoms with van der Waals surface area (Å²) >= 11 is 0. The Hall–Kier alpha value is -2.06. The minimum Gasteiger partial charge on any atom is -0.374 e. The number of anilines is 2. The number of rotatable bonds is 1. The highest BCUT2D eigenvalue weighted by Gasteiger charge is 2.21. The van der Waals surface area contributed by atoms with E-state index in [1.165, 1.54) is 4.90 Å². The maximum atomic E-state index is 11.4. The van der Waals surface area contributed by atoms with Gasteiger partial charge < -0.3 is 5.32 Å². The molecule has 0 saturated heterocycles. The average molecular weight is 188 g/mol. The van der Waals surface area contributed by atoms with Crippen LogP contribution in [0.15, 0.2) is 30.5 Å². The molecule has 1 heterocycles. The molecular formula is C10H8N2O2. The fourth-order valence-electron chi connectivity index (χ4n) is 1.42. The zero-order valence-corrected chi connectivity index (χ0v) is 7.36. The molecule has 0 fully saturated rings. The summed E-state index contributed by atoms with van der Waals surface area (Å²) < 4.78 is 0. The number of carbonyl (C=O) groups excluding carboxylic acids is 2. The van der Waals surface area contributed by atoms with Gasteiger partial charge in [0.1, 0.15) is 5.94 Å². The summed E-state index contributed by atoms with van der Waals surface area (Å²) in [5.74, 6) is 1.45. The highest BCUT2D eigenvalue weighted by atomic mass is 16.2. The number of hydrogen-bond acceptors (Lipinski definition) is 3. The Kier molecular flexibility index (Phi) is 2.05. The largest absolute Gasteiger partial charge is 0.374 e. The van der Waals surface area contributed by atoms with E-state index < -0.39 is 0 Å². The van der Waals surface area contributed by atoms with Crippen molar-refractivity contribution in [3.8, 4) is 0 Å². The molecule has 0 atom stereocenters. The van der Waals surface area contributed by atoms with Crippen molar-refractivity contribution in [1.29, 1.82) is 0 Å². The van der Waals surface area contributed by atoms with Gasteiger partial charge >= 0.3 is 0 Å². The number of para-hydroxylation sites is 2. The fourth-order valence-corrected chi connectivity index (χ4v) is 1.42. The van der Waals surface area contributed by atoms with Gasteiger partial charge in [0.05, 0.1) is 24.1 Å². The first-order valence-electron chi connectivity index (χ1n) is 4.19. The molecule has 1 aliphatic rings. The van der Waals surface area contributed by atoms with Crippen LogP contribution in [0.3, 0.4) is 0 Å². The van der Waals surface area contributed by atoms with E-state index in [2.05, 4.69) is 5.32 Å². The Balaban J connectivity index is 2.51. The first-order chi connectivity index (χ1) is 6.83. The van der Waals surface area contributed by atoms with Gasteiger partial charge in [-0.2, -0.15) is 0 Å². The SMILES string of the molecule is O=C=CN1C(=O)CNc2ccccc21. The third kappa shape index (κ3) is 1.28. The van der Waals surface area contributed by atoms with Crippen LogP contribution in [-0.4, -0.2) is 18.4 Å². The lowest BCUT2D eigenvalue weighted by Gasteiger charge is -2.25. The summed E-state index contributed by atoms with van der Waals surface area (Å²) in [4.78, 5) is 22.9. The van der Waals surface area contributed by atoms with Crippen molar-refractivity contribution in [3.63, 3.8) is 0 Å². The van der Waals surface area contributed by atoms with E-state index in [0.717, 1.165) is 11.9 Å². The Bertz CT molecular complexity index is 422. The highest BCUT2D eigenvalue weighted by Crippen LogP contribution is 2.28. The van der Waals surface area contributed by atoms with E-state index in [1.807, 2.05) is 18.2 Å². The monoisotopic (exact) mass is 188 g/mol. The first-order valence-corrected chi connectivity index (χ1v) is 4.19. The summed E-state index contributed by atoms with van der Waals surface area (Å²) in [5, 5.41) is 2.96. The van der Waals surface area contributed by atoms with Crippen LogP contribution in [-0.2, 0) is 9.59 Å². The number of amides is 1. The Morgan fingerprint density at radius 1 is 1.43 bits per heavy atom. The van der Waals surface area contributed by atoms with E-state index >= 15 is 0 Å². The van der Waals surface area contributed by atoms with Crippen molar-refractivity contribution >= 4 is 23.2 Å². The molecule has 4 heteroatoms. The van der Waals surface area contributed by atoms with Crippen LogP contribution in [0.4, 0.5) is 11.4 Å². The van der Waals surface area contributed by atoms with Crippen LogP contribution >= 0.6 is 0 Å². The van der Waals surface area contributed by atoms with Gasteiger partial charge in [0, 0.05) is 0 Å². The summed E-state index contributed by atoms with van der Waals surface area (Å²) in [6.07, 6.45) is 1.11. The molecule has 0 aliphatic carbocycles. The molecule has 0 spiro atoms. The number of hydrogen-bond donors (Lipinski definition) is 1. The number of nitrogens with one attached hydrogen (secondary N) is 1. The van der Waals surface area contributed by atoms with E-state index in [1.54, 1.807) is 12.0 Å². The number of benzene rings is 1. The molecule has 1 aliphatic heterocycles. The molecule has 4 nitrogen and oxygen atoms in total. The Morgan fingerprint density at radius 2 is 2.21 bits per heavy atom. The first kappa shape index (κ1) is 8.53. The van der Waals surface area contributed by atoms with Gasteiger partial charge in [0.2, 0.25) is 0 Å². The Labute approximate surface area is 80.8 Å². The average Bonchev–Trinajstić information content (AvgIpc) is 2.23. The molecule has 14 heavy (non-hydrogen) atoms. The van der Waals surface area contributed by atoms with E-state index in [4.69, 9.17) is 0 Å². The number of fused-ring (bicyclic) bond motifs is 1. The van der Waals surface area contributed by atoms with Gasteiger partial charge in [-0.15, -0.1) is 0 Å². The van der Waals surface area contributed by atoms with Gasteiger partial charge in [-0.25, -0.2) is 4.79 Å². The molecular weight excluding hydrogens is 180 g/mol. The van der Waals surface area contributed by atoms with Crippen molar-refractivity contribution in [2.45, 2.75) is 0 Å². The molecule has 2 rings (SSSR count). The Morgan fingerprint density at radius 3 is 3.00 bits per heavy atom. The van der Waals surface area contributed by atoms with Crippen molar-refractivity contribution in [1.82, 2.24) is 0 Å². The van der Waals surface area contributed by atoms with Crippen molar-refractivity contribution in [3.05, 3.63) is 30.5 Å². The lowest BCUT2D eigenvalue weighted by atomic mass is 10.2. The van der Waals surface area contributed by atoms with Crippen molar-refractivity contribution < 1.29 is 9.59 Å². The molecule has 1 amide bonds. The quantitative estimate of drug-likeness (QED) is 0.663. The van der Waals surface area contributed by atoms with E-state index in [0.29, 0.717) is 5.69 Å². The third-order valence-electron chi connectivity index (χ3n) is 2.04. The van der Waals surface area contributed by atoms with Gasteiger partial charge in [-0.05, 0) is 12.1 Å². The summed E-state index contributed by atoms with van der Waals surface area (Å²) in [6, 6.07) is 7.30. The maximum absolute atomic E-state index is 11.4. The van der Waals surface area contributed by atoms with Crippen LogP contribution in [0.25, 0.3) is 0 Å². The second-order valence-corrected chi connectivity index (χ2v) is 2.88. The van der Waals surface area contributed by atoms with Crippen LogP contribution < -0.4 is 10.2 Å². The lowest BCUT2D eigenvalue weighted by Crippen LogP contribution is -2.36. The predicted octanol–water partition coefficient (Wildman–Crippen LogP) is 0.790. The standard InChI is InChI=1S/C10H8N2O2/c13-6-5-12-9-4-2-1-3-8(9)11-7-10(12)14/h1-5,11H,7H2. The maximum Gasteiger partial charge on any atom is 0.251 e. The molecule has 1 aromatic rings. The molecule has 1 aromatic carbocycles. The van der Waals surface area contributed by atoms with Crippen LogP contribution in [0.5, 0.6) is 0 Å². The van der Waals surface area contributed by atoms with Crippen LogP contribution in [0.1, 0.15) is 0 Å². The number of carbonyl (C=O) groups is 1. The second-order valence-electron chi connectivity index (χ2n) is 2.88. The van der Waals surface area contributed by atoms with Crippen molar-refractivity contribution in [2.75, 3.05) is 16.8 Å². The molecule has 1 N–H and O–H groups in total. The topological polar surface area (TPSA) is 49.4 Å². The van der Waals surface area contributed by atoms with E-state index in [-0.39, 0.29) is 12.5 Å². The minimum absolute atomic E-state index is 0.160. The molecule has 0 unspecified atom stereocenters. The second kappa shape index (κ2) is 3.36. The smallest absolute Gasteiger partial charge is 0.251 e. The van der Waals surface area contributed by atoms with Crippen LogP contribution in [0.2, 0.25) is 0 Å². The summed E-state index contributed by atoms with van der Waals surface area (Å²) in [6.45, 7) is 0.204. The number of nitrogens with zero attached hydrogens (tertiary/aromatic N) is 1. The minimum atomic E-state index is -0.160. The molecule has 0 saturated carbocycles. The molecule has 0 bridgehead atoms.